The van der Waals surface area contributed by atoms with Crippen molar-refractivity contribution in [3.05, 3.63) is 0 Å². The van der Waals surface area contributed by atoms with Gasteiger partial charge in [-0.25, -0.2) is 0 Å². The quantitative estimate of drug-likeness (QED) is 0.259. The molecule has 0 aromatic carbocycles. The molecule has 204 valence electrons. The van der Waals surface area contributed by atoms with E-state index in [0.29, 0.717) is 0 Å². The number of hydrogen-bond acceptors (Lipinski definition) is 4. The molecule has 0 spiro atoms. The van der Waals surface area contributed by atoms with Crippen molar-refractivity contribution in [3.8, 4) is 0 Å². The Morgan fingerprint density at radius 3 is 0.273 bits per heavy atom. The Hall–Kier alpha value is 0.554. The van der Waals surface area contributed by atoms with Gasteiger partial charge in [0.2, 0.25) is 0 Å². The van der Waals surface area contributed by atoms with Gasteiger partial charge in [-0.2, -0.15) is 0 Å². The van der Waals surface area contributed by atoms with Crippen LogP contribution in [0.15, 0.2) is 0 Å². The molecule has 0 bridgehead atoms. The van der Waals surface area contributed by atoms with Crippen molar-refractivity contribution in [2.75, 3.05) is 0 Å². The second-order valence-electron chi connectivity index (χ2n) is 15.2. The Balaban J connectivity index is -0.000000105. The van der Waals surface area contributed by atoms with E-state index in [2.05, 4.69) is 0 Å². The molecule has 33 heavy (non-hydrogen) atoms. The molecule has 0 atom stereocenters. The molecule has 0 unspecified atom stereocenters. The second kappa shape index (κ2) is 13.7. The molecular weight excluding hydrogens is 448 g/mol. The Bertz CT molecular complexity index is 340. The fourth-order valence-corrected chi connectivity index (χ4v) is 0. The van der Waals surface area contributed by atoms with Crippen LogP contribution in [0.25, 0.3) is 0 Å². The van der Waals surface area contributed by atoms with E-state index in [1.807, 2.05) is 138 Å². The zero-order chi connectivity index (χ0) is 28.0. The SMILES string of the molecule is CC(C)(C)C(C)(C)O.CC(C)(C)C(C)(C)O.CC(C)(C)C(C)(C)O.CC(C)(C)C(C)(C)O.[Ti]. The van der Waals surface area contributed by atoms with Gasteiger partial charge in [0.25, 0.3) is 0 Å². The largest absolute Gasteiger partial charge is 0.390 e. The zero-order valence-corrected chi connectivity index (χ0v) is 27.9. The molecule has 0 fully saturated rings. The van der Waals surface area contributed by atoms with E-state index >= 15 is 0 Å². The summed E-state index contributed by atoms with van der Waals surface area (Å²) in [4.78, 5) is 0. The Morgan fingerprint density at radius 1 is 0.242 bits per heavy atom. The van der Waals surface area contributed by atoms with Crippen molar-refractivity contribution < 1.29 is 42.1 Å². The van der Waals surface area contributed by atoms with Crippen molar-refractivity contribution >= 4 is 0 Å². The van der Waals surface area contributed by atoms with Crippen LogP contribution in [-0.4, -0.2) is 42.8 Å². The average Bonchev–Trinajstić information content (AvgIpc) is 2.30. The van der Waals surface area contributed by atoms with Crippen LogP contribution in [0.3, 0.4) is 0 Å². The third kappa shape index (κ3) is 22.7. The zero-order valence-electron chi connectivity index (χ0n) is 26.3. The van der Waals surface area contributed by atoms with Gasteiger partial charge in [0.05, 0.1) is 22.4 Å². The van der Waals surface area contributed by atoms with Gasteiger partial charge in [-0.15, -0.1) is 0 Å². The first-order valence-corrected chi connectivity index (χ1v) is 11.9. The van der Waals surface area contributed by atoms with Gasteiger partial charge in [0, 0.05) is 21.7 Å². The minimum absolute atomic E-state index is 0. The number of rotatable bonds is 0. The van der Waals surface area contributed by atoms with Crippen LogP contribution < -0.4 is 0 Å². The Labute approximate surface area is 224 Å². The molecule has 4 nitrogen and oxygen atoms in total. The summed E-state index contributed by atoms with van der Waals surface area (Å²) in [6.45, 7) is 38.9. The maximum absolute atomic E-state index is 9.35. The molecule has 0 aromatic rings. The van der Waals surface area contributed by atoms with E-state index in [-0.39, 0.29) is 43.4 Å². The van der Waals surface area contributed by atoms with E-state index in [1.165, 1.54) is 0 Å². The standard InChI is InChI=1S/4C7H16O.Ti/c4*1-6(2,3)7(4,5)8;/h4*8H,1-5H3;. The van der Waals surface area contributed by atoms with Gasteiger partial charge in [-0.1, -0.05) is 83.1 Å². The molecule has 0 saturated heterocycles. The molecule has 0 aliphatic rings. The summed E-state index contributed by atoms with van der Waals surface area (Å²) in [6, 6.07) is 0. The van der Waals surface area contributed by atoms with Crippen molar-refractivity contribution in [3.63, 3.8) is 0 Å². The van der Waals surface area contributed by atoms with Crippen molar-refractivity contribution in [2.24, 2.45) is 21.7 Å². The van der Waals surface area contributed by atoms with Crippen LogP contribution in [-0.2, 0) is 21.7 Å². The maximum atomic E-state index is 9.35. The molecule has 0 aliphatic heterocycles. The molecule has 0 heterocycles. The summed E-state index contributed by atoms with van der Waals surface area (Å²) in [5.74, 6) is 0. The monoisotopic (exact) mass is 512 g/mol. The normalized spacial score (nSPS) is 13.8. The first-order chi connectivity index (χ1) is 13.0. The van der Waals surface area contributed by atoms with Crippen LogP contribution >= 0.6 is 0 Å². The fourth-order valence-electron chi connectivity index (χ4n) is 0. The molecule has 0 amide bonds. The summed E-state index contributed by atoms with van der Waals surface area (Å²) in [5, 5.41) is 37.4. The maximum Gasteiger partial charge on any atom is 0.0639 e. The summed E-state index contributed by atoms with van der Waals surface area (Å²) in [5.41, 5.74) is -2.28. The average molecular weight is 513 g/mol. The molecule has 0 aliphatic carbocycles. The van der Waals surface area contributed by atoms with Crippen LogP contribution in [0.1, 0.15) is 138 Å². The van der Waals surface area contributed by atoms with Crippen molar-refractivity contribution in [1.29, 1.82) is 0 Å². The topological polar surface area (TPSA) is 80.9 Å². The van der Waals surface area contributed by atoms with Crippen LogP contribution in [0.5, 0.6) is 0 Å². The van der Waals surface area contributed by atoms with Gasteiger partial charge in [-0.05, 0) is 77.0 Å². The van der Waals surface area contributed by atoms with Crippen molar-refractivity contribution in [1.82, 2.24) is 0 Å². The molecule has 0 radical (unpaired) electrons. The molecule has 0 saturated carbocycles. The van der Waals surface area contributed by atoms with Gasteiger partial charge < -0.3 is 20.4 Å². The Kier molecular flexibility index (Phi) is 18.2. The predicted octanol–water partition coefficient (Wildman–Crippen LogP) is 7.21. The predicted molar refractivity (Wildman–Crippen MR) is 143 cm³/mol. The van der Waals surface area contributed by atoms with Crippen molar-refractivity contribution in [2.45, 2.75) is 161 Å². The van der Waals surface area contributed by atoms with Gasteiger partial charge in [0.1, 0.15) is 0 Å². The molecule has 0 aromatic heterocycles. The smallest absolute Gasteiger partial charge is 0.0639 e. The van der Waals surface area contributed by atoms with Gasteiger partial charge >= 0.3 is 0 Å². The van der Waals surface area contributed by atoms with E-state index in [0.717, 1.165) is 0 Å². The van der Waals surface area contributed by atoms with Crippen LogP contribution in [0.4, 0.5) is 0 Å². The molecular formula is C28H64O4Ti. The summed E-state index contributed by atoms with van der Waals surface area (Å²) < 4.78 is 0. The third-order valence-corrected chi connectivity index (χ3v) is 7.34. The van der Waals surface area contributed by atoms with Crippen LogP contribution in [0, 0.1) is 21.7 Å². The number of aliphatic hydroxyl groups is 4. The third-order valence-electron chi connectivity index (χ3n) is 7.34. The van der Waals surface area contributed by atoms with Gasteiger partial charge in [-0.3, -0.25) is 0 Å². The van der Waals surface area contributed by atoms with Gasteiger partial charge in [0.15, 0.2) is 0 Å². The fraction of sp³-hybridized carbons (Fsp3) is 1.00. The first kappa shape index (κ1) is 43.6. The van der Waals surface area contributed by atoms with E-state index < -0.39 is 22.4 Å². The first-order valence-electron chi connectivity index (χ1n) is 11.9. The van der Waals surface area contributed by atoms with E-state index in [9.17, 15) is 20.4 Å². The van der Waals surface area contributed by atoms with E-state index in [4.69, 9.17) is 0 Å². The summed E-state index contributed by atoms with van der Waals surface area (Å²) in [6.07, 6.45) is 0. The molecule has 5 heteroatoms. The minimum atomic E-state index is -0.562. The van der Waals surface area contributed by atoms with E-state index in [1.54, 1.807) is 0 Å². The minimum Gasteiger partial charge on any atom is -0.390 e. The number of hydrogen-bond donors (Lipinski definition) is 4. The molecule has 0 rings (SSSR count). The summed E-state index contributed by atoms with van der Waals surface area (Å²) >= 11 is 0. The summed E-state index contributed by atoms with van der Waals surface area (Å²) in [7, 11) is 0. The van der Waals surface area contributed by atoms with Crippen LogP contribution in [0.2, 0.25) is 0 Å². The molecule has 4 N–H and O–H groups in total. The second-order valence-corrected chi connectivity index (χ2v) is 15.2. The Morgan fingerprint density at radius 2 is 0.273 bits per heavy atom.